The van der Waals surface area contributed by atoms with Crippen LogP contribution in [0, 0.1) is 0 Å². The molecule has 160 valence electrons. The Kier molecular flexibility index (Phi) is 5.46. The Bertz CT molecular complexity index is 1060. The molecule has 3 heterocycles. The Labute approximate surface area is 172 Å². The number of pyridine rings is 1. The predicted octanol–water partition coefficient (Wildman–Crippen LogP) is 4.28. The van der Waals surface area contributed by atoms with E-state index in [-0.39, 0.29) is 11.0 Å². The van der Waals surface area contributed by atoms with Gasteiger partial charge in [-0.1, -0.05) is 0 Å². The molecule has 0 saturated carbocycles. The van der Waals surface area contributed by atoms with Crippen LogP contribution in [0.25, 0.3) is 11.0 Å². The number of nitrogens with one attached hydrogen (secondary N) is 4. The Morgan fingerprint density at radius 2 is 2.00 bits per heavy atom. The number of anilines is 2. The molecule has 0 radical (unpaired) electrons. The van der Waals surface area contributed by atoms with Crippen molar-refractivity contribution in [2.45, 2.75) is 32.6 Å². The highest BCUT2D eigenvalue weighted by molar-refractivity contribution is 5.94. The quantitative estimate of drug-likeness (QED) is 0.480. The third-order valence-corrected chi connectivity index (χ3v) is 5.26. The largest absolute Gasteiger partial charge is 0.496 e. The normalized spacial score (nSPS) is 13.9. The summed E-state index contributed by atoms with van der Waals surface area (Å²) in [5.41, 5.74) is 3.34. The Balaban J connectivity index is 1.65. The molecule has 1 aliphatic heterocycles. The summed E-state index contributed by atoms with van der Waals surface area (Å²) >= 11 is 0. The van der Waals surface area contributed by atoms with Crippen LogP contribution in [0.4, 0.5) is 24.7 Å². The van der Waals surface area contributed by atoms with Crippen LogP contribution in [0.1, 0.15) is 29.2 Å². The van der Waals surface area contributed by atoms with Crippen molar-refractivity contribution in [2.24, 2.45) is 0 Å². The minimum atomic E-state index is -4.45. The minimum absolute atomic E-state index is 0.0498. The van der Waals surface area contributed by atoms with Gasteiger partial charge in [-0.15, -0.1) is 0 Å². The molecule has 0 saturated heterocycles. The second kappa shape index (κ2) is 8.06. The number of fused-ring (bicyclic) bond motifs is 2. The average Bonchev–Trinajstić information content (AvgIpc) is 3.16. The van der Waals surface area contributed by atoms with Crippen molar-refractivity contribution in [3.8, 4) is 5.75 Å². The summed E-state index contributed by atoms with van der Waals surface area (Å²) in [7, 11) is 1.63. The smallest absolute Gasteiger partial charge is 0.418 e. The molecular formula is C21H24F3N5O. The van der Waals surface area contributed by atoms with Gasteiger partial charge in [0.1, 0.15) is 17.2 Å². The first kappa shape index (κ1) is 20.3. The van der Waals surface area contributed by atoms with Gasteiger partial charge in [-0.25, -0.2) is 4.98 Å². The number of halogens is 3. The van der Waals surface area contributed by atoms with E-state index in [1.807, 2.05) is 13.0 Å². The Hall–Kier alpha value is -2.94. The van der Waals surface area contributed by atoms with Crippen molar-refractivity contribution >= 4 is 22.5 Å². The van der Waals surface area contributed by atoms with Crippen molar-refractivity contribution < 1.29 is 17.9 Å². The summed E-state index contributed by atoms with van der Waals surface area (Å²) < 4.78 is 45.6. The fourth-order valence-corrected chi connectivity index (χ4v) is 3.85. The van der Waals surface area contributed by atoms with E-state index in [0.29, 0.717) is 24.6 Å². The van der Waals surface area contributed by atoms with Crippen LogP contribution in [0.5, 0.6) is 5.75 Å². The first-order valence-corrected chi connectivity index (χ1v) is 9.87. The van der Waals surface area contributed by atoms with E-state index in [9.17, 15) is 13.2 Å². The van der Waals surface area contributed by atoms with Crippen LogP contribution in [0.15, 0.2) is 24.4 Å². The van der Waals surface area contributed by atoms with Crippen molar-refractivity contribution in [2.75, 3.05) is 30.8 Å². The third-order valence-electron chi connectivity index (χ3n) is 5.26. The van der Waals surface area contributed by atoms with Crippen LogP contribution in [-0.4, -0.2) is 30.2 Å². The number of hydrogen-bond acceptors (Lipinski definition) is 5. The lowest BCUT2D eigenvalue weighted by Gasteiger charge is -2.20. The van der Waals surface area contributed by atoms with Gasteiger partial charge in [-0.05, 0) is 43.1 Å². The highest BCUT2D eigenvalue weighted by Gasteiger charge is 2.35. The van der Waals surface area contributed by atoms with E-state index >= 15 is 0 Å². The summed E-state index contributed by atoms with van der Waals surface area (Å²) in [6.45, 7) is 4.53. The fraction of sp³-hybridized carbons (Fsp3) is 0.381. The fourth-order valence-electron chi connectivity index (χ4n) is 3.85. The lowest BCUT2D eigenvalue weighted by atomic mass is 9.97. The minimum Gasteiger partial charge on any atom is -0.496 e. The molecule has 3 aromatic rings. The zero-order valence-electron chi connectivity index (χ0n) is 16.8. The number of benzene rings is 1. The second-order valence-corrected chi connectivity index (χ2v) is 7.22. The molecule has 0 spiro atoms. The molecule has 0 atom stereocenters. The molecule has 30 heavy (non-hydrogen) atoms. The van der Waals surface area contributed by atoms with Gasteiger partial charge in [0.15, 0.2) is 0 Å². The van der Waals surface area contributed by atoms with Crippen molar-refractivity contribution in [1.29, 1.82) is 0 Å². The molecule has 0 amide bonds. The predicted molar refractivity (Wildman–Crippen MR) is 111 cm³/mol. The first-order chi connectivity index (χ1) is 14.4. The average molecular weight is 419 g/mol. The van der Waals surface area contributed by atoms with E-state index < -0.39 is 11.7 Å². The van der Waals surface area contributed by atoms with Crippen LogP contribution < -0.4 is 20.7 Å². The molecular weight excluding hydrogens is 395 g/mol. The molecule has 1 aromatic carbocycles. The number of ether oxygens (including phenoxy) is 1. The monoisotopic (exact) mass is 419 g/mol. The first-order valence-electron chi connectivity index (χ1n) is 9.87. The lowest BCUT2D eigenvalue weighted by Crippen LogP contribution is -2.24. The van der Waals surface area contributed by atoms with E-state index in [4.69, 9.17) is 4.74 Å². The van der Waals surface area contributed by atoms with E-state index in [2.05, 4.69) is 32.0 Å². The van der Waals surface area contributed by atoms with Gasteiger partial charge in [-0.2, -0.15) is 13.2 Å². The summed E-state index contributed by atoms with van der Waals surface area (Å²) in [6, 6.07) is 5.78. The standard InChI is InChI=1S/C21H24F3N5O/c1-3-26-16-8-18(29-20-19(16)15(11-28-20)21(22,23)24)27-10-14-6-12-4-5-25-9-13(12)7-17(14)30-2/h6-8,11,25H,3-5,9-10H2,1-2H3,(H3,26,27,28,29). The van der Waals surface area contributed by atoms with Gasteiger partial charge in [0.25, 0.3) is 0 Å². The Morgan fingerprint density at radius 3 is 2.73 bits per heavy atom. The number of nitrogens with zero attached hydrogens (tertiary/aromatic N) is 1. The molecule has 2 aromatic heterocycles. The SMILES string of the molecule is CCNc1cc(NCc2cc3c(cc2OC)CNCC3)nc2[nH]cc(C(F)(F)F)c12. The molecule has 9 heteroatoms. The zero-order chi connectivity index (χ0) is 21.3. The Morgan fingerprint density at radius 1 is 1.17 bits per heavy atom. The summed E-state index contributed by atoms with van der Waals surface area (Å²) in [4.78, 5) is 7.01. The molecule has 4 N–H and O–H groups in total. The summed E-state index contributed by atoms with van der Waals surface area (Å²) in [5, 5.41) is 9.65. The number of H-pyrrole nitrogens is 1. The topological polar surface area (TPSA) is 74.0 Å². The van der Waals surface area contributed by atoms with Gasteiger partial charge in [0.05, 0.1) is 18.1 Å². The number of alkyl halides is 3. The maximum atomic E-state index is 13.4. The maximum Gasteiger partial charge on any atom is 0.418 e. The number of rotatable bonds is 6. The van der Waals surface area contributed by atoms with Gasteiger partial charge < -0.3 is 25.7 Å². The number of aromatic amines is 1. The lowest BCUT2D eigenvalue weighted by molar-refractivity contribution is -0.136. The molecule has 0 unspecified atom stereocenters. The highest BCUT2D eigenvalue weighted by atomic mass is 19.4. The van der Waals surface area contributed by atoms with E-state index in [0.717, 1.165) is 37.0 Å². The second-order valence-electron chi connectivity index (χ2n) is 7.22. The number of hydrogen-bond donors (Lipinski definition) is 4. The number of aromatic nitrogens is 2. The van der Waals surface area contributed by atoms with Crippen LogP contribution >= 0.6 is 0 Å². The van der Waals surface area contributed by atoms with Gasteiger partial charge in [0, 0.05) is 43.1 Å². The molecule has 4 rings (SSSR count). The van der Waals surface area contributed by atoms with E-state index in [1.54, 1.807) is 13.2 Å². The van der Waals surface area contributed by atoms with Crippen LogP contribution in [0.2, 0.25) is 0 Å². The maximum absolute atomic E-state index is 13.4. The van der Waals surface area contributed by atoms with Crippen LogP contribution in [-0.2, 0) is 25.7 Å². The van der Waals surface area contributed by atoms with Crippen molar-refractivity contribution in [3.63, 3.8) is 0 Å². The highest BCUT2D eigenvalue weighted by Crippen LogP contribution is 2.38. The summed E-state index contributed by atoms with van der Waals surface area (Å²) in [5.74, 6) is 1.26. The van der Waals surface area contributed by atoms with Gasteiger partial charge in [0.2, 0.25) is 0 Å². The molecule has 0 aliphatic carbocycles. The summed E-state index contributed by atoms with van der Waals surface area (Å²) in [6.07, 6.45) is -2.54. The van der Waals surface area contributed by atoms with Crippen LogP contribution in [0.3, 0.4) is 0 Å². The number of methoxy groups -OCH3 is 1. The molecule has 1 aliphatic rings. The molecule has 0 fully saturated rings. The van der Waals surface area contributed by atoms with Gasteiger partial charge >= 0.3 is 6.18 Å². The third kappa shape index (κ3) is 3.89. The van der Waals surface area contributed by atoms with Crippen molar-refractivity contribution in [1.82, 2.24) is 15.3 Å². The van der Waals surface area contributed by atoms with Gasteiger partial charge in [-0.3, -0.25) is 0 Å². The van der Waals surface area contributed by atoms with Crippen molar-refractivity contribution in [3.05, 3.63) is 46.6 Å². The zero-order valence-corrected chi connectivity index (χ0v) is 16.8. The van der Waals surface area contributed by atoms with E-state index in [1.165, 1.54) is 11.1 Å². The molecule has 0 bridgehead atoms. The molecule has 6 nitrogen and oxygen atoms in total.